The summed E-state index contributed by atoms with van der Waals surface area (Å²) in [5.41, 5.74) is 1.96. The number of fused-ring (bicyclic) bond motifs is 5. The fourth-order valence-corrected chi connectivity index (χ4v) is 9.00. The first-order valence-corrected chi connectivity index (χ1v) is 17.0. The van der Waals surface area contributed by atoms with Gasteiger partial charge in [0.2, 0.25) is 29.5 Å². The van der Waals surface area contributed by atoms with Crippen molar-refractivity contribution in [3.63, 3.8) is 0 Å². The van der Waals surface area contributed by atoms with Crippen LogP contribution in [0.4, 0.5) is 15.8 Å². The van der Waals surface area contributed by atoms with Crippen molar-refractivity contribution in [3.8, 4) is 11.5 Å². The normalized spacial score (nSPS) is 27.2. The summed E-state index contributed by atoms with van der Waals surface area (Å²) >= 11 is 6.08. The molecule has 4 aliphatic rings. The van der Waals surface area contributed by atoms with Crippen LogP contribution < -0.4 is 9.80 Å². The van der Waals surface area contributed by atoms with Gasteiger partial charge >= 0.3 is 0 Å². The van der Waals surface area contributed by atoms with Crippen molar-refractivity contribution in [1.29, 1.82) is 0 Å². The van der Waals surface area contributed by atoms with Gasteiger partial charge in [-0.1, -0.05) is 35.4 Å². The summed E-state index contributed by atoms with van der Waals surface area (Å²) in [7, 11) is 0. The van der Waals surface area contributed by atoms with E-state index >= 15 is 0 Å². The number of aromatic nitrogens is 1. The molecule has 1 saturated carbocycles. The molecule has 3 aromatic carbocycles. The Labute approximate surface area is 295 Å². The molecule has 51 heavy (non-hydrogen) atoms. The van der Waals surface area contributed by atoms with E-state index in [1.807, 2.05) is 30.3 Å². The molecule has 6 atom stereocenters. The molecule has 6 unspecified atom stereocenters. The van der Waals surface area contributed by atoms with Crippen LogP contribution in [0.1, 0.15) is 37.2 Å². The van der Waals surface area contributed by atoms with Crippen LogP contribution in [0, 0.1) is 34.9 Å². The second-order valence-electron chi connectivity index (χ2n) is 13.8. The summed E-state index contributed by atoms with van der Waals surface area (Å²) in [6.07, 6.45) is 2.30. The lowest BCUT2D eigenvalue weighted by molar-refractivity contribution is -0.131. The number of amides is 4. The number of carbonyl (C=O) groups excluding carboxylic acids is 4. The van der Waals surface area contributed by atoms with Crippen molar-refractivity contribution in [1.82, 2.24) is 4.98 Å². The number of allylic oxidation sites excluding steroid dienone is 2. The van der Waals surface area contributed by atoms with E-state index < -0.39 is 52.6 Å². The van der Waals surface area contributed by atoms with E-state index in [0.29, 0.717) is 34.0 Å². The molecule has 0 spiro atoms. The van der Waals surface area contributed by atoms with Gasteiger partial charge in [0.15, 0.2) is 5.58 Å². The number of benzene rings is 3. The maximum Gasteiger partial charge on any atom is 0.241 e. The van der Waals surface area contributed by atoms with Crippen molar-refractivity contribution in [2.75, 3.05) is 9.80 Å². The molecule has 2 saturated heterocycles. The lowest BCUT2D eigenvalue weighted by atomic mass is 9.52. The molecule has 5 aromatic rings. The van der Waals surface area contributed by atoms with Crippen LogP contribution in [0.15, 0.2) is 99.3 Å². The van der Waals surface area contributed by atoms with Crippen molar-refractivity contribution < 1.29 is 37.5 Å². The zero-order chi connectivity index (χ0) is 35.3. The second kappa shape index (κ2) is 11.3. The van der Waals surface area contributed by atoms with Gasteiger partial charge in [-0.15, -0.1) is 0 Å². The summed E-state index contributed by atoms with van der Waals surface area (Å²) in [5.74, 6) is -5.08. The van der Waals surface area contributed by atoms with Crippen molar-refractivity contribution in [2.45, 2.75) is 32.3 Å². The Kier molecular flexibility index (Phi) is 7.00. The summed E-state index contributed by atoms with van der Waals surface area (Å²) in [6.45, 7) is 1.34. The van der Waals surface area contributed by atoms with Gasteiger partial charge < -0.3 is 13.9 Å². The molecular formula is C39H29ClFN3O7. The molecule has 10 nitrogen and oxygen atoms in total. The minimum Gasteiger partial charge on any atom is -0.463 e. The van der Waals surface area contributed by atoms with Crippen LogP contribution >= 0.6 is 11.6 Å². The first kappa shape index (κ1) is 31.6. The van der Waals surface area contributed by atoms with E-state index in [1.54, 1.807) is 43.3 Å². The third-order valence-electron chi connectivity index (χ3n) is 11.2. The number of imide groups is 2. The Balaban J connectivity index is 1.09. The molecule has 2 aliphatic heterocycles. The van der Waals surface area contributed by atoms with Crippen molar-refractivity contribution in [2.24, 2.45) is 29.1 Å². The first-order chi connectivity index (χ1) is 24.6. The van der Waals surface area contributed by atoms with Crippen molar-refractivity contribution >= 4 is 57.7 Å². The zero-order valence-electron chi connectivity index (χ0n) is 27.1. The Morgan fingerprint density at radius 2 is 1.67 bits per heavy atom. The van der Waals surface area contributed by atoms with Gasteiger partial charge in [0.25, 0.3) is 0 Å². The highest BCUT2D eigenvalue weighted by atomic mass is 35.5. The smallest absolute Gasteiger partial charge is 0.241 e. The Morgan fingerprint density at radius 3 is 2.39 bits per heavy atom. The van der Waals surface area contributed by atoms with Gasteiger partial charge in [0.05, 0.1) is 45.5 Å². The molecule has 2 aromatic heterocycles. The molecule has 1 N–H and O–H groups in total. The minimum absolute atomic E-state index is 0.132. The van der Waals surface area contributed by atoms with E-state index in [0.717, 1.165) is 16.5 Å². The second-order valence-corrected chi connectivity index (χ2v) is 14.2. The maximum atomic E-state index is 14.5. The highest BCUT2D eigenvalue weighted by Crippen LogP contribution is 2.64. The summed E-state index contributed by atoms with van der Waals surface area (Å²) in [5, 5.41) is 9.59. The topological polar surface area (TPSA) is 134 Å². The van der Waals surface area contributed by atoms with E-state index in [9.17, 15) is 28.7 Å². The third-order valence-corrected chi connectivity index (χ3v) is 11.5. The fraction of sp³-hybridized carbons (Fsp3) is 0.256. The van der Waals surface area contributed by atoms with Gasteiger partial charge in [-0.3, -0.25) is 24.1 Å². The number of hydrogen-bond acceptors (Lipinski definition) is 8. The monoisotopic (exact) mass is 705 g/mol. The van der Waals surface area contributed by atoms with Crippen LogP contribution in [0.2, 0.25) is 5.02 Å². The fourth-order valence-electron chi connectivity index (χ4n) is 8.82. The van der Waals surface area contributed by atoms with Gasteiger partial charge in [-0.2, -0.15) is 0 Å². The molecule has 256 valence electrons. The van der Waals surface area contributed by atoms with Gasteiger partial charge in [0.1, 0.15) is 29.5 Å². The van der Waals surface area contributed by atoms with E-state index in [-0.39, 0.29) is 47.7 Å². The van der Waals surface area contributed by atoms with Crippen LogP contribution in [-0.2, 0) is 25.8 Å². The van der Waals surface area contributed by atoms with Crippen LogP contribution in [-0.4, -0.2) is 33.7 Å². The average Bonchev–Trinajstić information content (AvgIpc) is 3.89. The number of aliphatic hydroxyl groups excluding tert-OH is 1. The van der Waals surface area contributed by atoms with E-state index in [2.05, 4.69) is 4.98 Å². The number of halogens is 2. The number of hydrogen-bond donors (Lipinski definition) is 1. The van der Waals surface area contributed by atoms with Crippen LogP contribution in [0.25, 0.3) is 22.6 Å². The Bertz CT molecular complexity index is 2310. The number of furan rings is 1. The summed E-state index contributed by atoms with van der Waals surface area (Å²) in [4.78, 5) is 64.0. The molecule has 2 aliphatic carbocycles. The number of oxazole rings is 1. The van der Waals surface area contributed by atoms with Crippen molar-refractivity contribution in [3.05, 3.63) is 113 Å². The predicted molar refractivity (Wildman–Crippen MR) is 183 cm³/mol. The number of rotatable bonds is 5. The van der Waals surface area contributed by atoms with Gasteiger partial charge in [0, 0.05) is 5.56 Å². The number of aliphatic hydroxyl groups is 1. The lowest BCUT2D eigenvalue weighted by Gasteiger charge is -2.48. The molecule has 4 amide bonds. The minimum atomic E-state index is -1.36. The Hall–Kier alpha value is -5.39. The quantitative estimate of drug-likeness (QED) is 0.156. The number of carbonyl (C=O) groups is 4. The third kappa shape index (κ3) is 4.47. The SMILES string of the molecule is CC12C(=O)N(c3ccc(F)c(Cl)c3)C(=O)C1CC1C(=CCC3C(=O)N(c4ccc(-c5nc6ccccc6o5)cc4)C(=O)C31)C2c1ccc(CO)o1. The van der Waals surface area contributed by atoms with E-state index in [4.69, 9.17) is 20.4 Å². The molecule has 9 rings (SSSR count). The highest BCUT2D eigenvalue weighted by molar-refractivity contribution is 6.32. The van der Waals surface area contributed by atoms with Gasteiger partial charge in [-0.25, -0.2) is 14.3 Å². The molecular weight excluding hydrogens is 677 g/mol. The number of para-hydroxylation sites is 2. The average molecular weight is 706 g/mol. The van der Waals surface area contributed by atoms with Gasteiger partial charge in [-0.05, 0) is 92.4 Å². The summed E-state index contributed by atoms with van der Waals surface area (Å²) in [6, 6.07) is 21.3. The Morgan fingerprint density at radius 1 is 0.902 bits per heavy atom. The number of nitrogens with zero attached hydrogens (tertiary/aromatic N) is 3. The first-order valence-electron chi connectivity index (χ1n) is 16.7. The largest absolute Gasteiger partial charge is 0.463 e. The zero-order valence-corrected chi connectivity index (χ0v) is 27.8. The molecule has 12 heteroatoms. The molecule has 3 fully saturated rings. The molecule has 0 radical (unpaired) electrons. The molecule has 0 bridgehead atoms. The predicted octanol–water partition coefficient (Wildman–Crippen LogP) is 6.81. The summed E-state index contributed by atoms with van der Waals surface area (Å²) < 4.78 is 26.1. The number of anilines is 2. The van der Waals surface area contributed by atoms with Crippen LogP contribution in [0.5, 0.6) is 0 Å². The highest BCUT2D eigenvalue weighted by Gasteiger charge is 2.68. The lowest BCUT2D eigenvalue weighted by Crippen LogP contribution is -2.48. The standard InChI is InChI=1S/C39H29ClFN3O7/c1-39-26(36(47)44(38(39)49)21-10-14-28(41)27(40)16-21)17-25-23(33(39)31-15-11-22(18-45)50-31)12-13-24-32(25)37(48)43(35(24)46)20-8-6-19(7-9-20)34-42-29-4-2-3-5-30(29)51-34/h2-12,14-16,24-26,32-33,45H,13,17-18H2,1H3. The maximum absolute atomic E-state index is 14.5. The molecule has 4 heterocycles. The van der Waals surface area contributed by atoms with E-state index in [1.165, 1.54) is 17.0 Å². The van der Waals surface area contributed by atoms with Crippen LogP contribution in [0.3, 0.4) is 0 Å².